The van der Waals surface area contributed by atoms with Crippen molar-refractivity contribution in [2.45, 2.75) is 25.7 Å². The van der Waals surface area contributed by atoms with E-state index in [2.05, 4.69) is 72.8 Å². The average Bonchev–Trinajstić information content (AvgIpc) is 3.04. The normalized spacial score (nSPS) is 16.1. The van der Waals surface area contributed by atoms with Crippen LogP contribution in [0.5, 0.6) is 23.0 Å². The first kappa shape index (κ1) is 31.0. The Labute approximate surface area is 265 Å². The molecule has 0 saturated heterocycles. The Morgan fingerprint density at radius 2 is 0.644 bits per heavy atom. The molecule has 10 bridgehead atoms. The van der Waals surface area contributed by atoms with Crippen LogP contribution in [0.4, 0.5) is 0 Å². The highest BCUT2D eigenvalue weighted by Crippen LogP contribution is 2.38. The molecule has 45 heavy (non-hydrogen) atoms. The van der Waals surface area contributed by atoms with Crippen molar-refractivity contribution < 1.29 is 33.2 Å². The number of ether oxygens (including phenoxy) is 7. The Morgan fingerprint density at radius 1 is 0.378 bits per heavy atom. The molecule has 0 unspecified atom stereocenters. The van der Waals surface area contributed by atoms with E-state index in [1.807, 2.05) is 0 Å². The van der Waals surface area contributed by atoms with Gasteiger partial charge in [-0.2, -0.15) is 0 Å². The lowest BCUT2D eigenvalue weighted by atomic mass is 9.91. The number of benzene rings is 4. The minimum atomic E-state index is 0.429. The average molecular weight is 611 g/mol. The van der Waals surface area contributed by atoms with Crippen LogP contribution in [0, 0.1) is 0 Å². The van der Waals surface area contributed by atoms with Crippen LogP contribution >= 0.6 is 0 Å². The highest BCUT2D eigenvalue weighted by Gasteiger charge is 2.21. The van der Waals surface area contributed by atoms with Gasteiger partial charge in [0, 0.05) is 25.7 Å². The zero-order chi connectivity index (χ0) is 30.8. The third-order valence-electron chi connectivity index (χ3n) is 8.34. The molecule has 0 radical (unpaired) electrons. The molecule has 0 amide bonds. The Bertz CT molecular complexity index is 1380. The number of hydrogen-bond acceptors (Lipinski definition) is 7. The maximum absolute atomic E-state index is 6.54. The van der Waals surface area contributed by atoms with E-state index in [9.17, 15) is 0 Å². The Balaban J connectivity index is 1.52. The minimum Gasteiger partial charge on any atom is -0.496 e. The molecule has 0 atom stereocenters. The van der Waals surface area contributed by atoms with E-state index in [4.69, 9.17) is 33.2 Å². The second-order valence-electron chi connectivity index (χ2n) is 11.3. The molecule has 1 aliphatic carbocycles. The van der Waals surface area contributed by atoms with Crippen LogP contribution in [0.15, 0.2) is 72.8 Å². The summed E-state index contributed by atoms with van der Waals surface area (Å²) in [7, 11) is 3.51. The highest BCUT2D eigenvalue weighted by molar-refractivity contribution is 5.55. The predicted octanol–water partition coefficient (Wildman–Crippen LogP) is 6.20. The summed E-state index contributed by atoms with van der Waals surface area (Å²) in [6, 6.07) is 25.6. The molecule has 1 heterocycles. The summed E-state index contributed by atoms with van der Waals surface area (Å²) >= 11 is 0. The summed E-state index contributed by atoms with van der Waals surface area (Å²) in [5, 5.41) is 0. The topological polar surface area (TPSA) is 64.6 Å². The van der Waals surface area contributed by atoms with E-state index >= 15 is 0 Å². The van der Waals surface area contributed by atoms with E-state index in [-0.39, 0.29) is 0 Å². The maximum Gasteiger partial charge on any atom is 0.126 e. The third-order valence-corrected chi connectivity index (χ3v) is 8.34. The van der Waals surface area contributed by atoms with Crippen molar-refractivity contribution >= 4 is 0 Å². The van der Waals surface area contributed by atoms with E-state index < -0.39 is 0 Å². The standard InChI is InChI=1S/C38H42O7/c1-39-35-27-7-3-8-28(35)24-32-12-6-14-34-26-30-10-4-9-29(36(30)40-2)25-33-13-5-11-31(23-27)37(33)44-21-19-42-17-15-41-16-18-43-20-22-45-38(32)34/h3-14H,15-26H2,1-2H3. The fourth-order valence-electron chi connectivity index (χ4n) is 6.33. The summed E-state index contributed by atoms with van der Waals surface area (Å²) in [5.74, 6) is 3.53. The van der Waals surface area contributed by atoms with Crippen LogP contribution in [-0.2, 0) is 39.9 Å². The summed E-state index contributed by atoms with van der Waals surface area (Å²) < 4.78 is 42.6. The van der Waals surface area contributed by atoms with Crippen LogP contribution in [0.2, 0.25) is 0 Å². The van der Waals surface area contributed by atoms with Crippen molar-refractivity contribution in [3.8, 4) is 23.0 Å². The minimum absolute atomic E-state index is 0.429. The van der Waals surface area contributed by atoms with Gasteiger partial charge in [0.2, 0.25) is 0 Å². The molecule has 0 aromatic heterocycles. The number of hydrogen-bond donors (Lipinski definition) is 0. The first-order valence-corrected chi connectivity index (χ1v) is 15.7. The lowest BCUT2D eigenvalue weighted by Gasteiger charge is -2.22. The molecule has 0 spiro atoms. The Kier molecular flexibility index (Phi) is 10.5. The van der Waals surface area contributed by atoms with E-state index in [0.29, 0.717) is 78.5 Å². The quantitative estimate of drug-likeness (QED) is 0.236. The summed E-state index contributed by atoms with van der Waals surface area (Å²) in [6.07, 6.45) is 2.64. The molecule has 236 valence electrons. The Hall–Kier alpha value is -4.04. The molecule has 4 aromatic carbocycles. The number of fused-ring (bicyclic) bond motifs is 2. The number of methoxy groups -OCH3 is 2. The molecule has 4 aromatic rings. The zero-order valence-electron chi connectivity index (χ0n) is 26.3. The zero-order valence-corrected chi connectivity index (χ0v) is 26.3. The van der Waals surface area contributed by atoms with Gasteiger partial charge in [0.15, 0.2) is 0 Å². The number of rotatable bonds is 2. The van der Waals surface area contributed by atoms with Gasteiger partial charge in [-0.1, -0.05) is 72.8 Å². The lowest BCUT2D eigenvalue weighted by Crippen LogP contribution is -2.15. The van der Waals surface area contributed by atoms with Gasteiger partial charge < -0.3 is 33.2 Å². The van der Waals surface area contributed by atoms with Crippen molar-refractivity contribution in [1.82, 2.24) is 0 Å². The van der Waals surface area contributed by atoms with Crippen molar-refractivity contribution in [2.24, 2.45) is 0 Å². The highest BCUT2D eigenvalue weighted by atomic mass is 16.6. The SMILES string of the molecule is COc1c2cccc1Cc1cccc3c1OCCOCCOCCOCCOc1c(cccc1Cc1cccc(c1OC)C3)C2. The molecule has 0 saturated carbocycles. The van der Waals surface area contributed by atoms with Gasteiger partial charge in [0.25, 0.3) is 0 Å². The predicted molar refractivity (Wildman–Crippen MR) is 174 cm³/mol. The second-order valence-corrected chi connectivity index (χ2v) is 11.3. The molecule has 7 nitrogen and oxygen atoms in total. The Morgan fingerprint density at radius 3 is 0.933 bits per heavy atom. The molecule has 7 heteroatoms. The molecule has 0 fully saturated rings. The molecule has 0 N–H and O–H groups in total. The first-order valence-electron chi connectivity index (χ1n) is 15.7. The fraction of sp³-hybridized carbons (Fsp3) is 0.368. The van der Waals surface area contributed by atoms with E-state index in [1.165, 1.54) is 0 Å². The van der Waals surface area contributed by atoms with Gasteiger partial charge in [-0.3, -0.25) is 0 Å². The first-order chi connectivity index (χ1) is 22.2. The van der Waals surface area contributed by atoms with Crippen molar-refractivity contribution in [3.05, 3.63) is 117 Å². The fourth-order valence-corrected chi connectivity index (χ4v) is 6.33. The van der Waals surface area contributed by atoms with Crippen LogP contribution in [0.1, 0.15) is 44.5 Å². The smallest absolute Gasteiger partial charge is 0.126 e. The summed E-state index contributed by atoms with van der Waals surface area (Å²) in [4.78, 5) is 0. The van der Waals surface area contributed by atoms with Crippen LogP contribution < -0.4 is 18.9 Å². The van der Waals surface area contributed by atoms with E-state index in [1.54, 1.807) is 14.2 Å². The van der Waals surface area contributed by atoms with Gasteiger partial charge >= 0.3 is 0 Å². The largest absolute Gasteiger partial charge is 0.496 e. The van der Waals surface area contributed by atoms with Gasteiger partial charge in [0.1, 0.15) is 36.2 Å². The molecule has 6 rings (SSSR count). The van der Waals surface area contributed by atoms with Crippen molar-refractivity contribution in [3.63, 3.8) is 0 Å². The summed E-state index contributed by atoms with van der Waals surface area (Å²) in [6.45, 7) is 3.78. The second kappa shape index (κ2) is 15.3. The summed E-state index contributed by atoms with van der Waals surface area (Å²) in [5.41, 5.74) is 8.81. The van der Waals surface area contributed by atoms with E-state index in [0.717, 1.165) is 67.5 Å². The third kappa shape index (κ3) is 7.44. The molecular formula is C38H42O7. The van der Waals surface area contributed by atoms with Crippen LogP contribution in [0.25, 0.3) is 0 Å². The lowest BCUT2D eigenvalue weighted by molar-refractivity contribution is 0.00484. The van der Waals surface area contributed by atoms with Gasteiger partial charge in [-0.25, -0.2) is 0 Å². The van der Waals surface area contributed by atoms with Crippen LogP contribution in [-0.4, -0.2) is 67.1 Å². The van der Waals surface area contributed by atoms with Crippen molar-refractivity contribution in [1.29, 1.82) is 0 Å². The van der Waals surface area contributed by atoms with Crippen LogP contribution in [0.3, 0.4) is 0 Å². The van der Waals surface area contributed by atoms with Gasteiger partial charge in [-0.15, -0.1) is 0 Å². The molecule has 1 aliphatic heterocycles. The monoisotopic (exact) mass is 610 g/mol. The van der Waals surface area contributed by atoms with Gasteiger partial charge in [-0.05, 0) is 44.5 Å². The number of para-hydroxylation sites is 4. The molecular weight excluding hydrogens is 568 g/mol. The maximum atomic E-state index is 6.54. The van der Waals surface area contributed by atoms with Gasteiger partial charge in [0.05, 0.1) is 53.9 Å². The molecule has 2 aliphatic rings. The van der Waals surface area contributed by atoms with Crippen molar-refractivity contribution in [2.75, 3.05) is 67.1 Å².